The summed E-state index contributed by atoms with van der Waals surface area (Å²) >= 11 is 0. The minimum Gasteiger partial charge on any atom is -0.481 e. The lowest BCUT2D eigenvalue weighted by atomic mass is 10.2. The van der Waals surface area contributed by atoms with E-state index in [0.29, 0.717) is 6.42 Å². The van der Waals surface area contributed by atoms with Gasteiger partial charge in [-0.1, -0.05) is 0 Å². The number of Topliss-reactive ketones (excluding diaryl/α,β-unsaturated/α-hetero) is 2. The Morgan fingerprint density at radius 2 is 1.18 bits per heavy atom. The van der Waals surface area contributed by atoms with Crippen LogP contribution in [0, 0.1) is 12.3 Å². The van der Waals surface area contributed by atoms with Crippen molar-refractivity contribution in [2.75, 3.05) is 34.5 Å². The van der Waals surface area contributed by atoms with Crippen LogP contribution in [0.5, 0.6) is 0 Å². The SMILES string of the molecule is C#CCCC(=O)O.COCC(=O)CCC(=O)O.COCC(=O)CCC(=O)OC. The number of aliphatic carboxylic acids is 2. The van der Waals surface area contributed by atoms with Crippen molar-refractivity contribution in [1.82, 2.24) is 0 Å². The summed E-state index contributed by atoms with van der Waals surface area (Å²) in [6.45, 7) is 0.0737. The molecule has 0 heterocycles. The van der Waals surface area contributed by atoms with Gasteiger partial charge in [0.1, 0.15) is 13.2 Å². The fourth-order valence-electron chi connectivity index (χ4n) is 1.24. The van der Waals surface area contributed by atoms with E-state index in [4.69, 9.17) is 16.6 Å². The van der Waals surface area contributed by atoms with E-state index < -0.39 is 11.9 Å². The minimum atomic E-state index is -0.954. The van der Waals surface area contributed by atoms with E-state index in [9.17, 15) is 24.0 Å². The predicted octanol–water partition coefficient (Wildman–Crippen LogP) is 0.706. The quantitative estimate of drug-likeness (QED) is 0.351. The number of carboxylic acid groups (broad SMARTS) is 2. The zero-order valence-corrected chi connectivity index (χ0v) is 16.4. The molecule has 28 heavy (non-hydrogen) atoms. The van der Waals surface area contributed by atoms with Crippen LogP contribution in [-0.2, 0) is 38.2 Å². The lowest BCUT2D eigenvalue weighted by Gasteiger charge is -1.97. The van der Waals surface area contributed by atoms with Crippen LogP contribution in [0.15, 0.2) is 0 Å². The number of terminal acetylenes is 1. The third-order valence-electron chi connectivity index (χ3n) is 2.55. The molecular weight excluding hydrogens is 376 g/mol. The van der Waals surface area contributed by atoms with E-state index in [0.717, 1.165) is 0 Å². The van der Waals surface area contributed by atoms with Crippen LogP contribution in [0.2, 0.25) is 0 Å². The largest absolute Gasteiger partial charge is 0.481 e. The number of ketones is 2. The molecule has 0 aliphatic rings. The second-order valence-corrected chi connectivity index (χ2v) is 5.01. The second-order valence-electron chi connectivity index (χ2n) is 5.01. The van der Waals surface area contributed by atoms with E-state index >= 15 is 0 Å². The smallest absolute Gasteiger partial charge is 0.305 e. The summed E-state index contributed by atoms with van der Waals surface area (Å²) < 4.78 is 13.4. The van der Waals surface area contributed by atoms with E-state index in [1.807, 2.05) is 0 Å². The fraction of sp³-hybridized carbons (Fsp3) is 0.611. The number of ether oxygens (including phenoxy) is 3. The van der Waals surface area contributed by atoms with Crippen molar-refractivity contribution in [1.29, 1.82) is 0 Å². The second kappa shape index (κ2) is 22.3. The first-order chi connectivity index (χ1) is 13.1. The Balaban J connectivity index is -0.000000343. The van der Waals surface area contributed by atoms with Crippen molar-refractivity contribution >= 4 is 29.5 Å². The summed E-state index contributed by atoms with van der Waals surface area (Å²) in [6, 6.07) is 0. The normalized spacial score (nSPS) is 8.79. The molecule has 0 aliphatic heterocycles. The highest BCUT2D eigenvalue weighted by molar-refractivity contribution is 5.84. The van der Waals surface area contributed by atoms with Gasteiger partial charge in [0.15, 0.2) is 11.6 Å². The van der Waals surface area contributed by atoms with Gasteiger partial charge in [-0.3, -0.25) is 24.0 Å². The average molecular weight is 404 g/mol. The highest BCUT2D eigenvalue weighted by atomic mass is 16.5. The molecule has 0 saturated heterocycles. The van der Waals surface area contributed by atoms with Crippen molar-refractivity contribution < 1.29 is 48.4 Å². The van der Waals surface area contributed by atoms with Gasteiger partial charge < -0.3 is 24.4 Å². The first-order valence-electron chi connectivity index (χ1n) is 8.09. The van der Waals surface area contributed by atoms with Gasteiger partial charge >= 0.3 is 17.9 Å². The molecule has 10 heteroatoms. The van der Waals surface area contributed by atoms with Crippen LogP contribution in [-0.4, -0.2) is 74.2 Å². The molecule has 0 radical (unpaired) electrons. The molecule has 0 spiro atoms. The third-order valence-corrected chi connectivity index (χ3v) is 2.55. The van der Waals surface area contributed by atoms with Crippen molar-refractivity contribution in [3.63, 3.8) is 0 Å². The number of hydrogen-bond acceptors (Lipinski definition) is 8. The third kappa shape index (κ3) is 31.0. The van der Waals surface area contributed by atoms with Crippen LogP contribution in [0.1, 0.15) is 38.5 Å². The topological polar surface area (TPSA) is 154 Å². The molecule has 0 amide bonds. The Morgan fingerprint density at radius 3 is 1.46 bits per heavy atom. The Morgan fingerprint density at radius 1 is 0.750 bits per heavy atom. The molecular formula is C18H28O10. The summed E-state index contributed by atoms with van der Waals surface area (Å²) in [5.41, 5.74) is 0. The van der Waals surface area contributed by atoms with E-state index in [1.165, 1.54) is 21.3 Å². The molecule has 0 saturated carbocycles. The molecule has 160 valence electrons. The van der Waals surface area contributed by atoms with Gasteiger partial charge in [-0.2, -0.15) is 0 Å². The Bertz CT molecular complexity index is 519. The van der Waals surface area contributed by atoms with Gasteiger partial charge in [0, 0.05) is 33.5 Å². The Hall–Kier alpha value is -2.77. The van der Waals surface area contributed by atoms with E-state index in [-0.39, 0.29) is 62.9 Å². The van der Waals surface area contributed by atoms with Crippen molar-refractivity contribution in [3.8, 4) is 12.3 Å². The lowest BCUT2D eigenvalue weighted by molar-refractivity contribution is -0.142. The molecule has 0 fully saturated rings. The van der Waals surface area contributed by atoms with Gasteiger partial charge in [0.2, 0.25) is 0 Å². The van der Waals surface area contributed by atoms with Crippen molar-refractivity contribution in [3.05, 3.63) is 0 Å². The van der Waals surface area contributed by atoms with Crippen LogP contribution in [0.3, 0.4) is 0 Å². The number of rotatable bonds is 12. The standard InChI is InChI=1S/C7H12O4.C6H10O4.C5H6O2/c1-10-5-6(8)3-4-7(9)11-2;1-10-4-5(7)2-3-6(8)9;1-2-3-4-5(6)7/h3-5H2,1-2H3;2-4H2,1H3,(H,8,9);1H,3-4H2,(H,6,7). The van der Waals surface area contributed by atoms with E-state index in [1.54, 1.807) is 0 Å². The average Bonchev–Trinajstić information content (AvgIpc) is 2.64. The number of carbonyl (C=O) groups is 5. The first-order valence-corrected chi connectivity index (χ1v) is 8.09. The maximum absolute atomic E-state index is 10.7. The number of esters is 1. The van der Waals surface area contributed by atoms with Crippen LogP contribution < -0.4 is 0 Å². The maximum atomic E-state index is 10.7. The molecule has 0 rings (SSSR count). The Kier molecular flexibility index (Phi) is 23.8. The Labute approximate surface area is 164 Å². The number of hydrogen-bond donors (Lipinski definition) is 2. The van der Waals surface area contributed by atoms with Crippen LogP contribution in [0.4, 0.5) is 0 Å². The fourth-order valence-corrected chi connectivity index (χ4v) is 1.24. The summed E-state index contributed by atoms with van der Waals surface area (Å²) in [5.74, 6) is -0.199. The minimum absolute atomic E-state index is 0.00722. The molecule has 0 bridgehead atoms. The molecule has 10 nitrogen and oxygen atoms in total. The number of carboxylic acids is 2. The first kappa shape index (κ1) is 30.0. The van der Waals surface area contributed by atoms with Crippen LogP contribution >= 0.6 is 0 Å². The van der Waals surface area contributed by atoms with E-state index in [2.05, 4.69) is 20.1 Å². The number of carbonyl (C=O) groups excluding carboxylic acids is 3. The molecule has 0 aromatic rings. The summed E-state index contributed by atoms with van der Waals surface area (Å²) in [5, 5.41) is 16.1. The van der Waals surface area contributed by atoms with Gasteiger partial charge in [-0.05, 0) is 0 Å². The maximum Gasteiger partial charge on any atom is 0.305 e. The number of methoxy groups -OCH3 is 3. The van der Waals surface area contributed by atoms with Gasteiger partial charge in [-0.15, -0.1) is 12.3 Å². The van der Waals surface area contributed by atoms with Gasteiger partial charge in [0.25, 0.3) is 0 Å². The van der Waals surface area contributed by atoms with Crippen molar-refractivity contribution in [2.24, 2.45) is 0 Å². The zero-order valence-electron chi connectivity index (χ0n) is 16.4. The van der Waals surface area contributed by atoms with Gasteiger partial charge in [-0.25, -0.2) is 0 Å². The van der Waals surface area contributed by atoms with Crippen molar-refractivity contribution in [2.45, 2.75) is 38.5 Å². The monoisotopic (exact) mass is 404 g/mol. The predicted molar refractivity (Wildman–Crippen MR) is 97.6 cm³/mol. The lowest BCUT2D eigenvalue weighted by Crippen LogP contribution is -2.09. The van der Waals surface area contributed by atoms with Crippen LogP contribution in [0.25, 0.3) is 0 Å². The zero-order chi connectivity index (χ0) is 22.4. The summed E-state index contributed by atoms with van der Waals surface area (Å²) in [4.78, 5) is 51.4. The highest BCUT2D eigenvalue weighted by Crippen LogP contribution is 1.93. The highest BCUT2D eigenvalue weighted by Gasteiger charge is 2.05. The summed E-state index contributed by atoms with van der Waals surface area (Å²) in [7, 11) is 4.14. The molecule has 0 aliphatic carbocycles. The molecule has 0 aromatic carbocycles. The molecule has 2 N–H and O–H groups in total. The molecule has 0 unspecified atom stereocenters. The summed E-state index contributed by atoms with van der Waals surface area (Å²) in [6.07, 6.45) is 5.45. The molecule has 0 aromatic heterocycles. The molecule has 0 atom stereocenters. The van der Waals surface area contributed by atoms with Gasteiger partial charge in [0.05, 0.1) is 26.4 Å².